The molecule has 0 aliphatic rings. The zero-order valence-corrected chi connectivity index (χ0v) is 13.5. The highest BCUT2D eigenvalue weighted by Crippen LogP contribution is 2.17. The van der Waals surface area contributed by atoms with Gasteiger partial charge in [0.25, 0.3) is 0 Å². The molecule has 0 bridgehead atoms. The maximum Gasteiger partial charge on any atom is 0.246 e. The first-order valence-corrected chi connectivity index (χ1v) is 7.97. The van der Waals surface area contributed by atoms with Crippen LogP contribution >= 0.6 is 0 Å². The lowest BCUT2D eigenvalue weighted by Gasteiger charge is -2.19. The summed E-state index contributed by atoms with van der Waals surface area (Å²) < 4.78 is 13.0. The monoisotopic (exact) mass is 335 g/mol. The zero-order valence-electron chi connectivity index (χ0n) is 13.5. The molecule has 2 N–H and O–H groups in total. The summed E-state index contributed by atoms with van der Waals surface area (Å²) in [5.74, 6) is -0.556. The van der Waals surface area contributed by atoms with E-state index in [0.29, 0.717) is 12.2 Å². The molecule has 1 unspecified atom stereocenters. The summed E-state index contributed by atoms with van der Waals surface area (Å²) >= 11 is 0. The van der Waals surface area contributed by atoms with Crippen molar-refractivity contribution in [3.63, 3.8) is 0 Å². The third kappa shape index (κ3) is 4.71. The lowest BCUT2D eigenvalue weighted by Crippen LogP contribution is -2.33. The minimum Gasteiger partial charge on any atom is -0.324 e. The summed E-state index contributed by atoms with van der Waals surface area (Å²) in [5.41, 5.74) is 2.24. The number of hydrogen-bond acceptors (Lipinski definition) is 3. The Labute approximate surface area is 145 Å². The summed E-state index contributed by atoms with van der Waals surface area (Å²) in [4.78, 5) is 17.0. The number of aromatic nitrogens is 1. The third-order valence-corrected chi connectivity index (χ3v) is 3.72. The van der Waals surface area contributed by atoms with E-state index < -0.39 is 6.04 Å². The van der Waals surface area contributed by atoms with E-state index in [1.807, 2.05) is 48.5 Å². The number of pyridine rings is 1. The van der Waals surface area contributed by atoms with Crippen LogP contribution in [0.5, 0.6) is 0 Å². The molecule has 1 aromatic heterocycles. The Bertz CT molecular complexity index is 807. The van der Waals surface area contributed by atoms with Crippen molar-refractivity contribution in [2.45, 2.75) is 12.6 Å². The average molecular weight is 335 g/mol. The molecule has 4 nitrogen and oxygen atoms in total. The van der Waals surface area contributed by atoms with Gasteiger partial charge < -0.3 is 5.32 Å². The number of rotatable bonds is 6. The van der Waals surface area contributed by atoms with E-state index in [4.69, 9.17) is 0 Å². The molecule has 0 saturated carbocycles. The fraction of sp³-hybridized carbons (Fsp3) is 0.100. The molecule has 0 aliphatic carbocycles. The van der Waals surface area contributed by atoms with Gasteiger partial charge in [0.05, 0.1) is 5.69 Å². The molecule has 5 heteroatoms. The van der Waals surface area contributed by atoms with Gasteiger partial charge in [-0.2, -0.15) is 0 Å². The van der Waals surface area contributed by atoms with Crippen molar-refractivity contribution in [1.82, 2.24) is 10.3 Å². The highest BCUT2D eigenvalue weighted by molar-refractivity contribution is 5.95. The van der Waals surface area contributed by atoms with Crippen molar-refractivity contribution in [3.05, 3.63) is 96.1 Å². The number of halogens is 1. The first-order chi connectivity index (χ1) is 12.2. The quantitative estimate of drug-likeness (QED) is 0.722. The van der Waals surface area contributed by atoms with Crippen LogP contribution in [0.25, 0.3) is 0 Å². The van der Waals surface area contributed by atoms with Gasteiger partial charge in [-0.1, -0.05) is 36.4 Å². The Kier molecular flexibility index (Phi) is 5.49. The number of carbonyl (C=O) groups excluding carboxylic acids is 1. The lowest BCUT2D eigenvalue weighted by molar-refractivity contribution is -0.118. The number of amides is 1. The number of nitrogens with one attached hydrogen (secondary N) is 2. The summed E-state index contributed by atoms with van der Waals surface area (Å²) in [6.45, 7) is 0.456. The molecule has 126 valence electrons. The van der Waals surface area contributed by atoms with Crippen molar-refractivity contribution in [2.75, 3.05) is 5.32 Å². The van der Waals surface area contributed by atoms with Crippen LogP contribution in [0.3, 0.4) is 0 Å². The van der Waals surface area contributed by atoms with E-state index in [2.05, 4.69) is 15.6 Å². The maximum absolute atomic E-state index is 13.0. The van der Waals surface area contributed by atoms with Gasteiger partial charge in [-0.05, 0) is 42.0 Å². The van der Waals surface area contributed by atoms with E-state index in [9.17, 15) is 9.18 Å². The SMILES string of the molecule is O=C(Nc1ccc(F)cc1)C(NCc1ccccn1)c1ccccc1. The van der Waals surface area contributed by atoms with E-state index in [0.717, 1.165) is 11.3 Å². The van der Waals surface area contributed by atoms with Crippen LogP contribution in [-0.2, 0) is 11.3 Å². The normalized spacial score (nSPS) is 11.7. The topological polar surface area (TPSA) is 54.0 Å². The second kappa shape index (κ2) is 8.17. The molecule has 0 radical (unpaired) electrons. The van der Waals surface area contributed by atoms with E-state index >= 15 is 0 Å². The molecule has 1 amide bonds. The lowest BCUT2D eigenvalue weighted by atomic mass is 10.1. The first kappa shape index (κ1) is 16.8. The Morgan fingerprint density at radius 3 is 2.36 bits per heavy atom. The number of anilines is 1. The summed E-state index contributed by atoms with van der Waals surface area (Å²) in [5, 5.41) is 6.05. The standard InChI is InChI=1S/C20H18FN3O/c21-16-9-11-17(12-10-16)24-20(25)19(15-6-2-1-3-7-15)23-14-18-8-4-5-13-22-18/h1-13,19,23H,14H2,(H,24,25). The molecule has 3 rings (SSSR count). The van der Waals surface area contributed by atoms with Gasteiger partial charge in [0, 0.05) is 18.4 Å². The number of nitrogens with zero attached hydrogens (tertiary/aromatic N) is 1. The minimum atomic E-state index is -0.548. The average Bonchev–Trinajstić information content (AvgIpc) is 2.65. The van der Waals surface area contributed by atoms with Crippen LogP contribution in [0, 0.1) is 5.82 Å². The Morgan fingerprint density at radius 2 is 1.68 bits per heavy atom. The van der Waals surface area contributed by atoms with Crippen molar-refractivity contribution in [2.24, 2.45) is 0 Å². The van der Waals surface area contributed by atoms with E-state index in [1.54, 1.807) is 6.20 Å². The molecule has 2 aromatic carbocycles. The molecule has 1 heterocycles. The molecule has 0 saturated heterocycles. The van der Waals surface area contributed by atoms with Crippen molar-refractivity contribution < 1.29 is 9.18 Å². The van der Waals surface area contributed by atoms with Crippen molar-refractivity contribution in [3.8, 4) is 0 Å². The summed E-state index contributed by atoms with van der Waals surface area (Å²) in [6, 6.07) is 20.2. The van der Waals surface area contributed by atoms with Crippen LogP contribution in [0.15, 0.2) is 79.0 Å². The zero-order chi connectivity index (χ0) is 17.5. The molecular weight excluding hydrogens is 317 g/mol. The Hall–Kier alpha value is -3.05. The molecule has 25 heavy (non-hydrogen) atoms. The van der Waals surface area contributed by atoms with Gasteiger partial charge in [0.2, 0.25) is 5.91 Å². The highest BCUT2D eigenvalue weighted by atomic mass is 19.1. The molecule has 3 aromatic rings. The summed E-state index contributed by atoms with van der Waals surface area (Å²) in [7, 11) is 0. The molecule has 1 atom stereocenters. The highest BCUT2D eigenvalue weighted by Gasteiger charge is 2.20. The van der Waals surface area contributed by atoms with Crippen LogP contribution in [0.2, 0.25) is 0 Å². The maximum atomic E-state index is 13.0. The van der Waals surface area contributed by atoms with Crippen molar-refractivity contribution >= 4 is 11.6 Å². The second-order valence-electron chi connectivity index (χ2n) is 5.54. The number of carbonyl (C=O) groups is 1. The van der Waals surface area contributed by atoms with Crippen molar-refractivity contribution in [1.29, 1.82) is 0 Å². The van der Waals surface area contributed by atoms with E-state index in [1.165, 1.54) is 24.3 Å². The fourth-order valence-electron chi connectivity index (χ4n) is 2.46. The Morgan fingerprint density at radius 1 is 0.960 bits per heavy atom. The van der Waals surface area contributed by atoms with Crippen LogP contribution in [0.4, 0.5) is 10.1 Å². The van der Waals surface area contributed by atoms with Gasteiger partial charge in [-0.25, -0.2) is 4.39 Å². The minimum absolute atomic E-state index is 0.214. The molecular formula is C20H18FN3O. The fourth-order valence-corrected chi connectivity index (χ4v) is 2.46. The van der Waals surface area contributed by atoms with Gasteiger partial charge >= 0.3 is 0 Å². The first-order valence-electron chi connectivity index (χ1n) is 7.97. The summed E-state index contributed by atoms with van der Waals surface area (Å²) in [6.07, 6.45) is 1.72. The smallest absolute Gasteiger partial charge is 0.246 e. The molecule has 0 fully saturated rings. The number of hydrogen-bond donors (Lipinski definition) is 2. The van der Waals surface area contributed by atoms with Crippen LogP contribution in [-0.4, -0.2) is 10.9 Å². The van der Waals surface area contributed by atoms with Crippen LogP contribution < -0.4 is 10.6 Å². The van der Waals surface area contributed by atoms with Gasteiger partial charge in [0.1, 0.15) is 11.9 Å². The predicted octanol–water partition coefficient (Wildman–Crippen LogP) is 3.69. The number of benzene rings is 2. The second-order valence-corrected chi connectivity index (χ2v) is 5.54. The van der Waals surface area contributed by atoms with E-state index in [-0.39, 0.29) is 11.7 Å². The molecule has 0 spiro atoms. The van der Waals surface area contributed by atoms with Gasteiger partial charge in [0.15, 0.2) is 0 Å². The predicted molar refractivity (Wildman–Crippen MR) is 95.3 cm³/mol. The Balaban J connectivity index is 1.75. The van der Waals surface area contributed by atoms with Crippen LogP contribution in [0.1, 0.15) is 17.3 Å². The van der Waals surface area contributed by atoms with Gasteiger partial charge in [-0.15, -0.1) is 0 Å². The van der Waals surface area contributed by atoms with Gasteiger partial charge in [-0.3, -0.25) is 15.1 Å². The third-order valence-electron chi connectivity index (χ3n) is 3.72. The molecule has 0 aliphatic heterocycles. The largest absolute Gasteiger partial charge is 0.324 e.